The molecule has 28 heavy (non-hydrogen) atoms. The van der Waals surface area contributed by atoms with Gasteiger partial charge in [-0.05, 0) is 31.6 Å². The van der Waals surface area contributed by atoms with Crippen molar-refractivity contribution in [3.05, 3.63) is 0 Å². The van der Waals surface area contributed by atoms with Gasteiger partial charge in [-0.2, -0.15) is 5.01 Å². The molecule has 0 aromatic rings. The Morgan fingerprint density at radius 3 is 2.32 bits per heavy atom. The summed E-state index contributed by atoms with van der Waals surface area (Å²) >= 11 is 0. The highest BCUT2D eigenvalue weighted by molar-refractivity contribution is 6.08. The molecule has 3 fully saturated rings. The third-order valence-electron chi connectivity index (χ3n) is 6.07. The van der Waals surface area contributed by atoms with Gasteiger partial charge in [0, 0.05) is 32.1 Å². The van der Waals surface area contributed by atoms with Crippen LogP contribution in [0.4, 0.5) is 4.79 Å². The maximum absolute atomic E-state index is 12.8. The first-order chi connectivity index (χ1) is 13.2. The van der Waals surface area contributed by atoms with Crippen molar-refractivity contribution in [1.29, 1.82) is 0 Å². The summed E-state index contributed by atoms with van der Waals surface area (Å²) in [6, 6.07) is -0.555. The second kappa shape index (κ2) is 8.06. The van der Waals surface area contributed by atoms with Crippen molar-refractivity contribution >= 4 is 23.8 Å². The largest absolute Gasteiger partial charge is 0.344 e. The topological polar surface area (TPSA) is 102 Å². The van der Waals surface area contributed by atoms with Crippen LogP contribution in [0.1, 0.15) is 46.5 Å². The van der Waals surface area contributed by atoms with E-state index in [1.807, 2.05) is 23.6 Å². The summed E-state index contributed by atoms with van der Waals surface area (Å²) in [5.74, 6) is -0.126. The Labute approximate surface area is 165 Å². The molecule has 1 aliphatic carbocycles. The Balaban J connectivity index is 1.50. The molecule has 9 heteroatoms. The SMILES string of the molecule is CC1CCC2(CC1)NC(=O)N(NC(=O)CN1CCN(C(=O)C(C)C)CC1)C2=O. The number of nitrogens with zero attached hydrogens (tertiary/aromatic N) is 3. The summed E-state index contributed by atoms with van der Waals surface area (Å²) in [4.78, 5) is 53.2. The summed E-state index contributed by atoms with van der Waals surface area (Å²) < 4.78 is 0. The zero-order valence-electron chi connectivity index (χ0n) is 17.0. The van der Waals surface area contributed by atoms with Gasteiger partial charge in [0.25, 0.3) is 11.8 Å². The van der Waals surface area contributed by atoms with Crippen molar-refractivity contribution < 1.29 is 19.2 Å². The van der Waals surface area contributed by atoms with Crippen LogP contribution >= 0.6 is 0 Å². The molecule has 1 saturated carbocycles. The number of carbonyl (C=O) groups excluding carboxylic acids is 4. The second-order valence-corrected chi connectivity index (χ2v) is 8.63. The lowest BCUT2D eigenvalue weighted by Gasteiger charge is -2.35. The van der Waals surface area contributed by atoms with Crippen LogP contribution in [0.25, 0.3) is 0 Å². The molecule has 1 spiro atoms. The molecule has 0 aromatic heterocycles. The summed E-state index contributed by atoms with van der Waals surface area (Å²) in [5.41, 5.74) is 1.61. The normalized spacial score (nSPS) is 28.8. The first-order valence-electron chi connectivity index (χ1n) is 10.2. The summed E-state index contributed by atoms with van der Waals surface area (Å²) in [7, 11) is 0. The smallest absolute Gasteiger partial charge is 0.340 e. The van der Waals surface area contributed by atoms with Crippen molar-refractivity contribution in [2.45, 2.75) is 52.0 Å². The maximum Gasteiger partial charge on any atom is 0.344 e. The zero-order chi connectivity index (χ0) is 20.5. The molecule has 156 valence electrons. The first kappa shape index (κ1) is 20.6. The molecule has 5 amide bonds. The molecule has 9 nitrogen and oxygen atoms in total. The van der Waals surface area contributed by atoms with Gasteiger partial charge < -0.3 is 10.2 Å². The third-order valence-corrected chi connectivity index (χ3v) is 6.07. The highest BCUT2D eigenvalue weighted by Crippen LogP contribution is 2.35. The fraction of sp³-hybridized carbons (Fsp3) is 0.789. The van der Waals surface area contributed by atoms with Gasteiger partial charge in [0.05, 0.1) is 6.54 Å². The molecular formula is C19H31N5O4. The molecule has 2 saturated heterocycles. The lowest BCUT2D eigenvalue weighted by molar-refractivity contribution is -0.141. The molecule has 0 radical (unpaired) electrons. The minimum absolute atomic E-state index is 0.0374. The number of nitrogens with one attached hydrogen (secondary N) is 2. The Kier molecular flexibility index (Phi) is 5.92. The number of rotatable bonds is 4. The number of carbonyl (C=O) groups is 4. The van der Waals surface area contributed by atoms with Crippen molar-refractivity contribution in [1.82, 2.24) is 25.6 Å². The fourth-order valence-electron chi connectivity index (χ4n) is 4.17. The maximum atomic E-state index is 12.8. The predicted octanol–water partition coefficient (Wildman–Crippen LogP) is 0.319. The van der Waals surface area contributed by atoms with E-state index in [1.54, 1.807) is 0 Å². The number of urea groups is 1. The number of hydrogen-bond donors (Lipinski definition) is 2. The van der Waals surface area contributed by atoms with Gasteiger partial charge in [0.1, 0.15) is 5.54 Å². The van der Waals surface area contributed by atoms with E-state index < -0.39 is 17.5 Å². The molecule has 2 N–H and O–H groups in total. The van der Waals surface area contributed by atoms with E-state index in [-0.39, 0.29) is 24.3 Å². The summed E-state index contributed by atoms with van der Waals surface area (Å²) in [5, 5.41) is 3.64. The van der Waals surface area contributed by atoms with E-state index in [4.69, 9.17) is 0 Å². The van der Waals surface area contributed by atoms with Gasteiger partial charge in [-0.15, -0.1) is 0 Å². The standard InChI is InChI=1S/C19H31N5O4/c1-13(2)16(26)23-10-8-22(9-11-23)12-15(25)21-24-17(27)19(20-18(24)28)6-4-14(3)5-7-19/h13-14H,4-12H2,1-3H3,(H,20,28)(H,21,25). The number of hydrogen-bond acceptors (Lipinski definition) is 5. The first-order valence-corrected chi connectivity index (χ1v) is 10.2. The van der Waals surface area contributed by atoms with E-state index in [9.17, 15) is 19.2 Å². The predicted molar refractivity (Wildman–Crippen MR) is 102 cm³/mol. The van der Waals surface area contributed by atoms with E-state index in [0.29, 0.717) is 44.9 Å². The third kappa shape index (κ3) is 4.14. The number of imide groups is 1. The average Bonchev–Trinajstić information content (AvgIpc) is 2.88. The van der Waals surface area contributed by atoms with Gasteiger partial charge in [0.15, 0.2) is 0 Å². The average molecular weight is 393 g/mol. The fourth-order valence-corrected chi connectivity index (χ4v) is 4.17. The summed E-state index contributed by atoms with van der Waals surface area (Å²) in [6.45, 7) is 8.32. The number of hydrazine groups is 1. The highest BCUT2D eigenvalue weighted by atomic mass is 16.2. The van der Waals surface area contributed by atoms with E-state index >= 15 is 0 Å². The van der Waals surface area contributed by atoms with Gasteiger partial charge in [-0.1, -0.05) is 20.8 Å². The molecule has 3 aliphatic rings. The molecule has 0 atom stereocenters. The van der Waals surface area contributed by atoms with Crippen molar-refractivity contribution in [2.24, 2.45) is 11.8 Å². The van der Waals surface area contributed by atoms with E-state index in [2.05, 4.69) is 17.7 Å². The highest BCUT2D eigenvalue weighted by Gasteiger charge is 2.52. The van der Waals surface area contributed by atoms with Crippen LogP contribution in [0.3, 0.4) is 0 Å². The van der Waals surface area contributed by atoms with Gasteiger partial charge in [0.2, 0.25) is 5.91 Å². The van der Waals surface area contributed by atoms with Crippen molar-refractivity contribution in [3.63, 3.8) is 0 Å². The van der Waals surface area contributed by atoms with Crippen LogP contribution < -0.4 is 10.7 Å². The molecule has 0 bridgehead atoms. The minimum atomic E-state index is -0.861. The second-order valence-electron chi connectivity index (χ2n) is 8.63. The van der Waals surface area contributed by atoms with Crippen LogP contribution in [-0.2, 0) is 14.4 Å². The molecule has 2 aliphatic heterocycles. The summed E-state index contributed by atoms with van der Waals surface area (Å²) in [6.07, 6.45) is 2.98. The van der Waals surface area contributed by atoms with Crippen LogP contribution in [0, 0.1) is 11.8 Å². The van der Waals surface area contributed by atoms with E-state index in [1.165, 1.54) is 0 Å². The Morgan fingerprint density at radius 1 is 1.14 bits per heavy atom. The van der Waals surface area contributed by atoms with Crippen molar-refractivity contribution in [3.8, 4) is 0 Å². The van der Waals surface area contributed by atoms with Crippen LogP contribution in [0.15, 0.2) is 0 Å². The number of amides is 5. The van der Waals surface area contributed by atoms with Gasteiger partial charge >= 0.3 is 6.03 Å². The van der Waals surface area contributed by atoms with Gasteiger partial charge in [-0.25, -0.2) is 4.79 Å². The zero-order valence-corrected chi connectivity index (χ0v) is 17.0. The van der Waals surface area contributed by atoms with E-state index in [0.717, 1.165) is 17.9 Å². The molecule has 3 rings (SSSR count). The van der Waals surface area contributed by atoms with Crippen LogP contribution in [0.5, 0.6) is 0 Å². The lowest BCUT2D eigenvalue weighted by atomic mass is 9.77. The molecule has 2 heterocycles. The Morgan fingerprint density at radius 2 is 1.75 bits per heavy atom. The molecule has 0 unspecified atom stereocenters. The monoisotopic (exact) mass is 393 g/mol. The quantitative estimate of drug-likeness (QED) is 0.670. The molecule has 0 aromatic carbocycles. The van der Waals surface area contributed by atoms with Crippen LogP contribution in [-0.4, -0.2) is 76.8 Å². The van der Waals surface area contributed by atoms with Crippen LogP contribution in [0.2, 0.25) is 0 Å². The minimum Gasteiger partial charge on any atom is -0.340 e. The molecular weight excluding hydrogens is 362 g/mol. The van der Waals surface area contributed by atoms with Gasteiger partial charge in [-0.3, -0.25) is 24.7 Å². The Hall–Kier alpha value is -2.16. The lowest BCUT2D eigenvalue weighted by Crippen LogP contribution is -2.55. The Bertz CT molecular complexity index is 649. The van der Waals surface area contributed by atoms with Crippen molar-refractivity contribution in [2.75, 3.05) is 32.7 Å². The number of piperazine rings is 1.